The molecule has 0 saturated heterocycles. The van der Waals surface area contributed by atoms with Gasteiger partial charge >= 0.3 is 0 Å². The summed E-state index contributed by atoms with van der Waals surface area (Å²) in [5, 5.41) is 0. The van der Waals surface area contributed by atoms with Crippen molar-refractivity contribution in [1.82, 2.24) is 0 Å². The van der Waals surface area contributed by atoms with Gasteiger partial charge in [0.2, 0.25) is 0 Å². The predicted octanol–water partition coefficient (Wildman–Crippen LogP) is 17.9. The van der Waals surface area contributed by atoms with Crippen LogP contribution in [0.5, 0.6) is 0 Å². The van der Waals surface area contributed by atoms with Crippen molar-refractivity contribution < 1.29 is 4.74 Å². The van der Waals surface area contributed by atoms with Crippen LogP contribution in [0.25, 0.3) is 0 Å². The van der Waals surface area contributed by atoms with E-state index in [0.717, 1.165) is 25.0 Å². The molecule has 49 heavy (non-hydrogen) atoms. The molecule has 0 aromatic carbocycles. The van der Waals surface area contributed by atoms with E-state index < -0.39 is 0 Å². The molecule has 0 fully saturated rings. The van der Waals surface area contributed by atoms with Crippen molar-refractivity contribution in [2.45, 2.75) is 285 Å². The van der Waals surface area contributed by atoms with Crippen molar-refractivity contribution in [2.24, 2.45) is 11.8 Å². The summed E-state index contributed by atoms with van der Waals surface area (Å²) < 4.78 is 6.69. The Bertz CT molecular complexity index is 509. The second kappa shape index (κ2) is 44.1. The molecule has 0 rings (SSSR count). The lowest BCUT2D eigenvalue weighted by molar-refractivity contribution is 0.0587. The molecule has 0 N–H and O–H groups in total. The van der Waals surface area contributed by atoms with E-state index in [4.69, 9.17) is 4.74 Å². The first-order valence-corrected chi connectivity index (χ1v) is 23.9. The summed E-state index contributed by atoms with van der Waals surface area (Å²) in [5.74, 6) is 1.60. The number of unbranched alkanes of at least 4 members (excludes halogenated alkanes) is 32. The van der Waals surface area contributed by atoms with E-state index >= 15 is 0 Å². The molecule has 0 heterocycles. The summed E-state index contributed by atoms with van der Waals surface area (Å²) in [6, 6.07) is 0. The molecule has 0 aliphatic rings. The molecule has 0 spiro atoms. The lowest BCUT2D eigenvalue weighted by Crippen LogP contribution is -2.16. The molecule has 0 amide bonds. The van der Waals surface area contributed by atoms with Crippen LogP contribution in [0, 0.1) is 11.8 Å². The highest BCUT2D eigenvalue weighted by Gasteiger charge is 2.13. The summed E-state index contributed by atoms with van der Waals surface area (Å²) in [7, 11) is 0. The average Bonchev–Trinajstić information content (AvgIpc) is 3.11. The summed E-state index contributed by atoms with van der Waals surface area (Å²) >= 11 is 0. The molecule has 0 aromatic rings. The van der Waals surface area contributed by atoms with E-state index in [-0.39, 0.29) is 0 Å². The van der Waals surface area contributed by atoms with E-state index in [0.29, 0.717) is 0 Å². The number of hydrogen-bond donors (Lipinski definition) is 0. The van der Waals surface area contributed by atoms with Gasteiger partial charge in [-0.15, -0.1) is 0 Å². The Kier molecular flexibility index (Phi) is 44.1. The second-order valence-electron chi connectivity index (χ2n) is 16.7. The van der Waals surface area contributed by atoms with Gasteiger partial charge in [0, 0.05) is 13.2 Å². The van der Waals surface area contributed by atoms with Crippen molar-refractivity contribution in [3.8, 4) is 0 Å². The normalized spacial score (nSPS) is 13.0. The fraction of sp³-hybridized carbons (Fsp3) is 1.00. The summed E-state index contributed by atoms with van der Waals surface area (Å²) in [6.07, 6.45) is 57.5. The minimum absolute atomic E-state index is 0.801. The second-order valence-corrected chi connectivity index (χ2v) is 16.7. The Morgan fingerprint density at radius 2 is 0.388 bits per heavy atom. The Morgan fingerprint density at radius 3 is 0.571 bits per heavy atom. The first-order valence-electron chi connectivity index (χ1n) is 23.9. The molecule has 2 unspecified atom stereocenters. The maximum atomic E-state index is 6.69. The van der Waals surface area contributed by atoms with Crippen molar-refractivity contribution >= 4 is 0 Å². The number of ether oxygens (including phenoxy) is 1. The van der Waals surface area contributed by atoms with Gasteiger partial charge in [-0.1, -0.05) is 259 Å². The Hall–Kier alpha value is -0.0400. The van der Waals surface area contributed by atoms with Crippen molar-refractivity contribution in [1.29, 1.82) is 0 Å². The third-order valence-electron chi connectivity index (χ3n) is 11.6. The zero-order valence-electron chi connectivity index (χ0n) is 35.3. The van der Waals surface area contributed by atoms with Crippen LogP contribution in [0.1, 0.15) is 285 Å². The summed E-state index contributed by atoms with van der Waals surface area (Å²) in [6.45, 7) is 11.4. The highest BCUT2D eigenvalue weighted by atomic mass is 16.5. The highest BCUT2D eigenvalue weighted by molar-refractivity contribution is 4.64. The maximum absolute atomic E-state index is 6.69. The molecular weight excluding hydrogens is 593 g/mol. The van der Waals surface area contributed by atoms with Gasteiger partial charge < -0.3 is 4.74 Å². The topological polar surface area (TPSA) is 9.23 Å². The van der Waals surface area contributed by atoms with Crippen LogP contribution < -0.4 is 0 Å². The Morgan fingerprint density at radius 1 is 0.224 bits per heavy atom. The van der Waals surface area contributed by atoms with Gasteiger partial charge in [-0.25, -0.2) is 0 Å². The molecule has 0 bridgehead atoms. The van der Waals surface area contributed by atoms with E-state index in [1.807, 2.05) is 0 Å². The summed E-state index contributed by atoms with van der Waals surface area (Å²) in [5.41, 5.74) is 0. The van der Waals surface area contributed by atoms with E-state index in [1.165, 1.54) is 257 Å². The SMILES string of the molecule is CCCCCCCCCCCCC(CCCCCCCCCC)COCC(CCCCCCCCCC)CCCCCCCCCCCC. The minimum atomic E-state index is 0.801. The zero-order valence-corrected chi connectivity index (χ0v) is 35.3. The van der Waals surface area contributed by atoms with Gasteiger partial charge in [0.15, 0.2) is 0 Å². The number of rotatable bonds is 44. The Balaban J connectivity index is 4.58. The third-order valence-corrected chi connectivity index (χ3v) is 11.6. The lowest BCUT2D eigenvalue weighted by Gasteiger charge is -2.21. The lowest BCUT2D eigenvalue weighted by atomic mass is 9.93. The smallest absolute Gasteiger partial charge is 0.0494 e. The summed E-state index contributed by atoms with van der Waals surface area (Å²) in [4.78, 5) is 0. The third kappa shape index (κ3) is 40.6. The molecular formula is C48H98O. The van der Waals surface area contributed by atoms with Crippen LogP contribution in [0.2, 0.25) is 0 Å². The molecule has 296 valence electrons. The molecule has 0 radical (unpaired) electrons. The molecule has 2 atom stereocenters. The fourth-order valence-corrected chi connectivity index (χ4v) is 8.00. The first kappa shape index (κ1) is 49.0. The molecule has 0 saturated carbocycles. The largest absolute Gasteiger partial charge is 0.381 e. The van der Waals surface area contributed by atoms with Gasteiger partial charge in [-0.2, -0.15) is 0 Å². The highest BCUT2D eigenvalue weighted by Crippen LogP contribution is 2.24. The number of hydrogen-bond acceptors (Lipinski definition) is 1. The molecule has 0 aliphatic heterocycles. The van der Waals surface area contributed by atoms with Crippen LogP contribution >= 0.6 is 0 Å². The van der Waals surface area contributed by atoms with Gasteiger partial charge in [0.1, 0.15) is 0 Å². The Labute approximate surface area is 313 Å². The van der Waals surface area contributed by atoms with Crippen LogP contribution in [0.15, 0.2) is 0 Å². The van der Waals surface area contributed by atoms with Crippen LogP contribution in [-0.4, -0.2) is 13.2 Å². The fourth-order valence-electron chi connectivity index (χ4n) is 8.00. The van der Waals surface area contributed by atoms with Gasteiger partial charge in [0.25, 0.3) is 0 Å². The van der Waals surface area contributed by atoms with Crippen LogP contribution in [0.4, 0.5) is 0 Å². The molecule has 0 aromatic heterocycles. The molecule has 0 aliphatic carbocycles. The monoisotopic (exact) mass is 691 g/mol. The van der Waals surface area contributed by atoms with Gasteiger partial charge in [0.05, 0.1) is 0 Å². The van der Waals surface area contributed by atoms with E-state index in [1.54, 1.807) is 0 Å². The van der Waals surface area contributed by atoms with Gasteiger partial charge in [-0.3, -0.25) is 0 Å². The molecule has 1 nitrogen and oxygen atoms in total. The quantitative estimate of drug-likeness (QED) is 0.0578. The van der Waals surface area contributed by atoms with Gasteiger partial charge in [-0.05, 0) is 37.5 Å². The van der Waals surface area contributed by atoms with Crippen molar-refractivity contribution in [3.05, 3.63) is 0 Å². The van der Waals surface area contributed by atoms with Crippen LogP contribution in [-0.2, 0) is 4.74 Å². The maximum Gasteiger partial charge on any atom is 0.0494 e. The predicted molar refractivity (Wildman–Crippen MR) is 225 cm³/mol. The van der Waals surface area contributed by atoms with E-state index in [2.05, 4.69) is 27.7 Å². The zero-order chi connectivity index (χ0) is 35.6. The minimum Gasteiger partial charge on any atom is -0.381 e. The van der Waals surface area contributed by atoms with E-state index in [9.17, 15) is 0 Å². The van der Waals surface area contributed by atoms with Crippen molar-refractivity contribution in [3.63, 3.8) is 0 Å². The average molecular weight is 691 g/mol. The van der Waals surface area contributed by atoms with Crippen LogP contribution in [0.3, 0.4) is 0 Å². The first-order chi connectivity index (χ1) is 24.3. The van der Waals surface area contributed by atoms with Crippen molar-refractivity contribution in [2.75, 3.05) is 13.2 Å². The molecule has 1 heteroatoms. The standard InChI is InChI=1S/C48H98O/c1-5-9-13-17-21-25-27-31-35-39-43-47(41-37-33-29-23-19-15-11-7-3)45-49-46-48(42-38-34-30-24-20-16-12-8-4)44-40-36-32-28-26-22-18-14-10-6-2/h47-48H,5-46H2,1-4H3.